The highest BCUT2D eigenvalue weighted by Gasteiger charge is 2.28. The van der Waals surface area contributed by atoms with Crippen LogP contribution in [0.3, 0.4) is 0 Å². The predicted octanol–water partition coefficient (Wildman–Crippen LogP) is 2.95. The average molecular weight is 339 g/mol. The van der Waals surface area contributed by atoms with Gasteiger partial charge >= 0.3 is 0 Å². The monoisotopic (exact) mass is 338 g/mol. The normalized spacial score (nSPS) is 18.2. The topological polar surface area (TPSA) is 43.8 Å². The van der Waals surface area contributed by atoms with Crippen LogP contribution in [0.5, 0.6) is 0 Å². The zero-order valence-electron chi connectivity index (χ0n) is 14.2. The van der Waals surface area contributed by atoms with Gasteiger partial charge in [-0.1, -0.05) is 23.7 Å². The Morgan fingerprint density at radius 1 is 1.39 bits per heavy atom. The molecule has 4 nitrogen and oxygen atoms in total. The zero-order chi connectivity index (χ0) is 17.0. The number of carbonyl (C=O) groups excluding carboxylic acids is 1. The third-order valence-electron chi connectivity index (χ3n) is 4.72. The molecule has 1 fully saturated rings. The second-order valence-electron chi connectivity index (χ2n) is 6.69. The molecular formula is C18H27ClN2O2. The molecule has 0 radical (unpaired) electrons. The highest BCUT2D eigenvalue weighted by Crippen LogP contribution is 2.23. The first kappa shape index (κ1) is 18.2. The van der Waals surface area contributed by atoms with E-state index in [1.54, 1.807) is 12.1 Å². The van der Waals surface area contributed by atoms with Crippen molar-refractivity contribution in [3.05, 3.63) is 34.9 Å². The van der Waals surface area contributed by atoms with Crippen molar-refractivity contribution in [2.75, 3.05) is 26.7 Å². The molecular weight excluding hydrogens is 312 g/mol. The van der Waals surface area contributed by atoms with Crippen molar-refractivity contribution in [2.45, 2.75) is 38.8 Å². The van der Waals surface area contributed by atoms with Crippen LogP contribution in [0.4, 0.5) is 0 Å². The van der Waals surface area contributed by atoms with Crippen LogP contribution in [-0.4, -0.2) is 53.5 Å². The number of piperidine rings is 1. The molecule has 0 spiro atoms. The number of halogens is 1. The Balaban J connectivity index is 1.84. The van der Waals surface area contributed by atoms with Gasteiger partial charge in [0.25, 0.3) is 0 Å². The molecule has 1 N–H and O–H groups in total. The predicted molar refractivity (Wildman–Crippen MR) is 93.5 cm³/mol. The maximum atomic E-state index is 12.4. The molecule has 1 atom stereocenters. The fourth-order valence-corrected chi connectivity index (χ4v) is 3.17. The Hall–Kier alpha value is -1.10. The minimum atomic E-state index is -0.542. The largest absolute Gasteiger partial charge is 0.387 e. The number of rotatable bonds is 5. The van der Waals surface area contributed by atoms with Crippen LogP contribution < -0.4 is 0 Å². The van der Waals surface area contributed by atoms with Gasteiger partial charge in [0.2, 0.25) is 5.91 Å². The van der Waals surface area contributed by atoms with Gasteiger partial charge in [-0.15, -0.1) is 0 Å². The quantitative estimate of drug-likeness (QED) is 0.897. The first-order valence-electron chi connectivity index (χ1n) is 8.31. The Morgan fingerprint density at radius 3 is 2.61 bits per heavy atom. The molecule has 2 rings (SSSR count). The molecule has 128 valence electrons. The molecule has 0 aromatic heterocycles. The second-order valence-corrected chi connectivity index (χ2v) is 7.13. The van der Waals surface area contributed by atoms with E-state index in [9.17, 15) is 9.90 Å². The average Bonchev–Trinajstić information content (AvgIpc) is 2.54. The standard InChI is InChI=1S/C18H27ClN2O2/c1-13(2)20(3)18(23)14-7-9-21(10-8-14)12-17(22)15-5-4-6-16(19)11-15/h4-6,11,13-14,17,22H,7-10,12H2,1-3H3. The van der Waals surface area contributed by atoms with E-state index in [0.717, 1.165) is 31.5 Å². The third kappa shape index (κ3) is 4.93. The Labute approximate surface area is 144 Å². The van der Waals surface area contributed by atoms with Crippen LogP contribution in [0.25, 0.3) is 0 Å². The van der Waals surface area contributed by atoms with E-state index < -0.39 is 6.10 Å². The van der Waals surface area contributed by atoms with Gasteiger partial charge in [0, 0.05) is 30.6 Å². The molecule has 0 saturated carbocycles. The lowest BCUT2D eigenvalue weighted by Crippen LogP contribution is -2.44. The van der Waals surface area contributed by atoms with Crippen molar-refractivity contribution in [3.8, 4) is 0 Å². The van der Waals surface area contributed by atoms with E-state index in [4.69, 9.17) is 11.6 Å². The fourth-order valence-electron chi connectivity index (χ4n) is 2.97. The Bertz CT molecular complexity index is 528. The molecule has 1 aliphatic rings. The maximum Gasteiger partial charge on any atom is 0.225 e. The summed E-state index contributed by atoms with van der Waals surface area (Å²) in [7, 11) is 1.88. The van der Waals surface area contributed by atoms with Gasteiger partial charge in [-0.3, -0.25) is 4.79 Å². The zero-order valence-corrected chi connectivity index (χ0v) is 15.0. The van der Waals surface area contributed by atoms with Crippen LogP contribution >= 0.6 is 11.6 Å². The number of benzene rings is 1. The highest BCUT2D eigenvalue weighted by molar-refractivity contribution is 6.30. The number of nitrogens with zero attached hydrogens (tertiary/aromatic N) is 2. The molecule has 1 aliphatic heterocycles. The minimum Gasteiger partial charge on any atom is -0.387 e. The molecule has 0 bridgehead atoms. The molecule has 23 heavy (non-hydrogen) atoms. The van der Waals surface area contributed by atoms with E-state index in [1.807, 2.05) is 37.9 Å². The number of likely N-dealkylation sites (tertiary alicyclic amines) is 1. The van der Waals surface area contributed by atoms with E-state index >= 15 is 0 Å². The lowest BCUT2D eigenvalue weighted by molar-refractivity contribution is -0.137. The third-order valence-corrected chi connectivity index (χ3v) is 4.96. The van der Waals surface area contributed by atoms with Gasteiger partial charge in [-0.05, 0) is 57.5 Å². The summed E-state index contributed by atoms with van der Waals surface area (Å²) >= 11 is 5.97. The summed E-state index contributed by atoms with van der Waals surface area (Å²) in [6.07, 6.45) is 1.18. The van der Waals surface area contributed by atoms with Crippen LogP contribution in [0.1, 0.15) is 38.4 Å². The summed E-state index contributed by atoms with van der Waals surface area (Å²) < 4.78 is 0. The van der Waals surface area contributed by atoms with Crippen LogP contribution in [0, 0.1) is 5.92 Å². The van der Waals surface area contributed by atoms with Gasteiger partial charge in [-0.2, -0.15) is 0 Å². The lowest BCUT2D eigenvalue weighted by Gasteiger charge is -2.35. The van der Waals surface area contributed by atoms with Crippen molar-refractivity contribution in [2.24, 2.45) is 5.92 Å². The van der Waals surface area contributed by atoms with Gasteiger partial charge in [0.05, 0.1) is 6.10 Å². The van der Waals surface area contributed by atoms with Crippen molar-refractivity contribution >= 4 is 17.5 Å². The lowest BCUT2D eigenvalue weighted by atomic mass is 9.94. The highest BCUT2D eigenvalue weighted by atomic mass is 35.5. The van der Waals surface area contributed by atoms with Crippen LogP contribution in [-0.2, 0) is 4.79 Å². The summed E-state index contributed by atoms with van der Waals surface area (Å²) in [6, 6.07) is 7.60. The molecule has 1 saturated heterocycles. The van der Waals surface area contributed by atoms with Crippen molar-refractivity contribution in [1.29, 1.82) is 0 Å². The molecule has 1 unspecified atom stereocenters. The van der Waals surface area contributed by atoms with Gasteiger partial charge < -0.3 is 14.9 Å². The smallest absolute Gasteiger partial charge is 0.225 e. The SMILES string of the molecule is CC(C)N(C)C(=O)C1CCN(CC(O)c2cccc(Cl)c2)CC1. The molecule has 1 aromatic rings. The number of β-amino-alcohol motifs (C(OH)–C–C–N with tert-alkyl or cyclic N) is 1. The summed E-state index contributed by atoms with van der Waals surface area (Å²) in [6.45, 7) is 6.35. The number of carbonyl (C=O) groups is 1. The number of aliphatic hydroxyl groups is 1. The molecule has 0 aliphatic carbocycles. The number of aliphatic hydroxyl groups excluding tert-OH is 1. The van der Waals surface area contributed by atoms with Crippen molar-refractivity contribution < 1.29 is 9.90 Å². The Morgan fingerprint density at radius 2 is 2.04 bits per heavy atom. The number of amides is 1. The minimum absolute atomic E-state index is 0.113. The summed E-state index contributed by atoms with van der Waals surface area (Å²) in [5.41, 5.74) is 0.843. The van der Waals surface area contributed by atoms with Crippen LogP contribution in [0.2, 0.25) is 5.02 Å². The van der Waals surface area contributed by atoms with Crippen LogP contribution in [0.15, 0.2) is 24.3 Å². The van der Waals surface area contributed by atoms with Gasteiger partial charge in [0.1, 0.15) is 0 Å². The van der Waals surface area contributed by atoms with Gasteiger partial charge in [-0.25, -0.2) is 0 Å². The first-order chi connectivity index (χ1) is 10.9. The van der Waals surface area contributed by atoms with E-state index in [0.29, 0.717) is 11.6 Å². The van der Waals surface area contributed by atoms with Crippen molar-refractivity contribution in [3.63, 3.8) is 0 Å². The van der Waals surface area contributed by atoms with Crippen molar-refractivity contribution in [1.82, 2.24) is 9.80 Å². The molecule has 1 amide bonds. The Kier molecular flexibility index (Phi) is 6.45. The summed E-state index contributed by atoms with van der Waals surface area (Å²) in [4.78, 5) is 16.4. The van der Waals surface area contributed by atoms with E-state index in [-0.39, 0.29) is 17.9 Å². The molecule has 1 aromatic carbocycles. The van der Waals surface area contributed by atoms with Gasteiger partial charge in [0.15, 0.2) is 0 Å². The molecule has 5 heteroatoms. The maximum absolute atomic E-state index is 12.4. The fraction of sp³-hybridized carbons (Fsp3) is 0.611. The van der Waals surface area contributed by atoms with E-state index in [2.05, 4.69) is 4.90 Å². The summed E-state index contributed by atoms with van der Waals surface area (Å²) in [5, 5.41) is 11.0. The first-order valence-corrected chi connectivity index (χ1v) is 8.69. The number of hydrogen-bond acceptors (Lipinski definition) is 3. The van der Waals surface area contributed by atoms with E-state index in [1.165, 1.54) is 0 Å². The second kappa shape index (κ2) is 8.13. The number of hydrogen-bond donors (Lipinski definition) is 1. The molecule has 1 heterocycles. The summed E-state index contributed by atoms with van der Waals surface area (Å²) in [5.74, 6) is 0.358.